The third kappa shape index (κ3) is 2.56. The van der Waals surface area contributed by atoms with Crippen molar-refractivity contribution in [1.29, 1.82) is 0 Å². The van der Waals surface area contributed by atoms with Crippen LogP contribution in [0.15, 0.2) is 12.3 Å². The molecule has 2 aliphatic rings. The minimum absolute atomic E-state index is 0.139. The molecule has 2 N–H and O–H groups in total. The van der Waals surface area contributed by atoms with Gasteiger partial charge in [0, 0.05) is 19.3 Å². The maximum Gasteiger partial charge on any atom is 0.216 e. The van der Waals surface area contributed by atoms with Crippen molar-refractivity contribution in [3.8, 4) is 0 Å². The van der Waals surface area contributed by atoms with E-state index in [1.807, 2.05) is 10.9 Å². The van der Waals surface area contributed by atoms with Crippen LogP contribution in [-0.4, -0.2) is 40.8 Å². The Bertz CT molecular complexity index is 555. The fourth-order valence-corrected chi connectivity index (χ4v) is 5.38. The van der Waals surface area contributed by atoms with Gasteiger partial charge in [-0.2, -0.15) is 5.10 Å². The first-order valence-corrected chi connectivity index (χ1v) is 8.87. The summed E-state index contributed by atoms with van der Waals surface area (Å²) < 4.78 is 28.6. The molecule has 1 aromatic heterocycles. The van der Waals surface area contributed by atoms with Gasteiger partial charge in [0.25, 0.3) is 0 Å². The lowest BCUT2D eigenvalue weighted by Gasteiger charge is -2.33. The summed E-state index contributed by atoms with van der Waals surface area (Å²) >= 11 is 0. The number of rotatable bonds is 3. The summed E-state index contributed by atoms with van der Waals surface area (Å²) in [7, 11) is -3.08. The second-order valence-electron chi connectivity index (χ2n) is 5.80. The summed E-state index contributed by atoms with van der Waals surface area (Å²) in [6.45, 7) is 1.20. The Labute approximate surface area is 120 Å². The third-order valence-corrected chi connectivity index (χ3v) is 6.91. The Morgan fingerprint density at radius 3 is 2.35 bits per heavy atom. The van der Waals surface area contributed by atoms with Gasteiger partial charge < -0.3 is 5.73 Å². The zero-order valence-electron chi connectivity index (χ0n) is 11.6. The van der Waals surface area contributed by atoms with E-state index in [1.54, 1.807) is 10.4 Å². The Morgan fingerprint density at radius 1 is 1.15 bits per heavy atom. The SMILES string of the molecule is Nc1ccn(C2CCN(S(=O)(=O)C3CCCC3)CC2)n1. The van der Waals surface area contributed by atoms with Crippen LogP contribution in [0.1, 0.15) is 44.6 Å². The van der Waals surface area contributed by atoms with E-state index in [1.165, 1.54) is 0 Å². The van der Waals surface area contributed by atoms with E-state index in [4.69, 9.17) is 5.73 Å². The standard InChI is InChI=1S/C13H22N4O2S/c14-13-7-10-17(15-13)11-5-8-16(9-6-11)20(18,19)12-3-1-2-4-12/h7,10-12H,1-6,8-9H2,(H2,14,15). The van der Waals surface area contributed by atoms with Gasteiger partial charge in [0.05, 0.1) is 11.3 Å². The van der Waals surface area contributed by atoms with Crippen LogP contribution in [0.4, 0.5) is 5.82 Å². The maximum absolute atomic E-state index is 12.5. The van der Waals surface area contributed by atoms with E-state index in [-0.39, 0.29) is 11.3 Å². The second kappa shape index (κ2) is 5.37. The molecule has 2 heterocycles. The molecule has 0 radical (unpaired) electrons. The summed E-state index contributed by atoms with van der Waals surface area (Å²) in [6.07, 6.45) is 7.26. The largest absolute Gasteiger partial charge is 0.382 e. The maximum atomic E-state index is 12.5. The van der Waals surface area contributed by atoms with E-state index in [9.17, 15) is 8.42 Å². The van der Waals surface area contributed by atoms with E-state index in [2.05, 4.69) is 5.10 Å². The quantitative estimate of drug-likeness (QED) is 0.914. The molecule has 7 heteroatoms. The lowest BCUT2D eigenvalue weighted by Crippen LogP contribution is -2.43. The lowest BCUT2D eigenvalue weighted by molar-refractivity contribution is 0.259. The Balaban J connectivity index is 1.63. The number of hydrogen-bond donors (Lipinski definition) is 1. The van der Waals surface area contributed by atoms with Crippen LogP contribution >= 0.6 is 0 Å². The van der Waals surface area contributed by atoms with Gasteiger partial charge in [0.1, 0.15) is 5.82 Å². The normalized spacial score (nSPS) is 23.4. The highest BCUT2D eigenvalue weighted by Gasteiger charge is 2.36. The molecule has 2 fully saturated rings. The Kier molecular flexibility index (Phi) is 3.72. The van der Waals surface area contributed by atoms with E-state index in [0.717, 1.165) is 38.5 Å². The average molecular weight is 298 g/mol. The minimum Gasteiger partial charge on any atom is -0.382 e. The molecular formula is C13H22N4O2S. The number of nitrogens with zero attached hydrogens (tertiary/aromatic N) is 3. The molecule has 1 aliphatic heterocycles. The number of nitrogens with two attached hydrogens (primary N) is 1. The molecular weight excluding hydrogens is 276 g/mol. The van der Waals surface area contributed by atoms with Crippen LogP contribution in [0.3, 0.4) is 0 Å². The topological polar surface area (TPSA) is 81.2 Å². The van der Waals surface area contributed by atoms with Crippen molar-refractivity contribution in [2.24, 2.45) is 0 Å². The van der Waals surface area contributed by atoms with Crippen molar-refractivity contribution in [2.45, 2.75) is 49.8 Å². The second-order valence-corrected chi connectivity index (χ2v) is 8.02. The molecule has 0 amide bonds. The molecule has 0 atom stereocenters. The highest BCUT2D eigenvalue weighted by Crippen LogP contribution is 2.30. The van der Waals surface area contributed by atoms with Crippen molar-refractivity contribution < 1.29 is 8.42 Å². The van der Waals surface area contributed by atoms with Gasteiger partial charge >= 0.3 is 0 Å². The highest BCUT2D eigenvalue weighted by atomic mass is 32.2. The van der Waals surface area contributed by atoms with Gasteiger partial charge in [-0.3, -0.25) is 4.68 Å². The zero-order chi connectivity index (χ0) is 14.2. The molecule has 3 rings (SSSR count). The van der Waals surface area contributed by atoms with Crippen LogP contribution in [0.2, 0.25) is 0 Å². The summed E-state index contributed by atoms with van der Waals surface area (Å²) in [5, 5.41) is 4.09. The molecule has 112 valence electrons. The average Bonchev–Trinajstić information content (AvgIpc) is 3.10. The molecule has 0 aromatic carbocycles. The number of anilines is 1. The molecule has 1 aromatic rings. The molecule has 1 saturated heterocycles. The van der Waals surface area contributed by atoms with Gasteiger partial charge in [0.15, 0.2) is 0 Å². The molecule has 0 bridgehead atoms. The minimum atomic E-state index is -3.08. The number of nitrogen functional groups attached to an aromatic ring is 1. The summed E-state index contributed by atoms with van der Waals surface area (Å²) in [4.78, 5) is 0. The smallest absolute Gasteiger partial charge is 0.216 e. The molecule has 20 heavy (non-hydrogen) atoms. The van der Waals surface area contributed by atoms with Crippen LogP contribution in [-0.2, 0) is 10.0 Å². The third-order valence-electron chi connectivity index (χ3n) is 4.51. The van der Waals surface area contributed by atoms with E-state index in [0.29, 0.717) is 18.9 Å². The number of sulfonamides is 1. The highest BCUT2D eigenvalue weighted by molar-refractivity contribution is 7.89. The van der Waals surface area contributed by atoms with Crippen LogP contribution < -0.4 is 5.73 Å². The molecule has 1 aliphatic carbocycles. The first-order valence-electron chi connectivity index (χ1n) is 7.37. The van der Waals surface area contributed by atoms with Crippen LogP contribution in [0.25, 0.3) is 0 Å². The van der Waals surface area contributed by atoms with Gasteiger partial charge in [-0.15, -0.1) is 0 Å². The van der Waals surface area contributed by atoms with E-state index < -0.39 is 10.0 Å². The fraction of sp³-hybridized carbons (Fsp3) is 0.769. The van der Waals surface area contributed by atoms with Crippen molar-refractivity contribution in [1.82, 2.24) is 14.1 Å². The van der Waals surface area contributed by atoms with Crippen LogP contribution in [0, 0.1) is 0 Å². The number of piperidine rings is 1. The lowest BCUT2D eigenvalue weighted by atomic mass is 10.1. The van der Waals surface area contributed by atoms with Crippen molar-refractivity contribution in [3.05, 3.63) is 12.3 Å². The predicted octanol–water partition coefficient (Wildman–Crippen LogP) is 1.37. The number of hydrogen-bond acceptors (Lipinski definition) is 4. The van der Waals surface area contributed by atoms with Crippen molar-refractivity contribution in [2.75, 3.05) is 18.8 Å². The number of aromatic nitrogens is 2. The fourth-order valence-electron chi connectivity index (χ4n) is 3.31. The first-order chi connectivity index (χ1) is 9.57. The summed E-state index contributed by atoms with van der Waals surface area (Å²) in [5.41, 5.74) is 5.63. The monoisotopic (exact) mass is 298 g/mol. The van der Waals surface area contributed by atoms with Gasteiger partial charge in [-0.1, -0.05) is 12.8 Å². The Morgan fingerprint density at radius 2 is 1.80 bits per heavy atom. The van der Waals surface area contributed by atoms with E-state index >= 15 is 0 Å². The van der Waals surface area contributed by atoms with Gasteiger partial charge in [-0.25, -0.2) is 12.7 Å². The van der Waals surface area contributed by atoms with Crippen molar-refractivity contribution in [3.63, 3.8) is 0 Å². The molecule has 0 spiro atoms. The predicted molar refractivity (Wildman–Crippen MR) is 77.7 cm³/mol. The molecule has 6 nitrogen and oxygen atoms in total. The first kappa shape index (κ1) is 13.9. The van der Waals surface area contributed by atoms with Gasteiger partial charge in [0.2, 0.25) is 10.0 Å². The van der Waals surface area contributed by atoms with Gasteiger partial charge in [-0.05, 0) is 31.7 Å². The molecule has 0 unspecified atom stereocenters. The Hall–Kier alpha value is -1.08. The van der Waals surface area contributed by atoms with Crippen molar-refractivity contribution >= 4 is 15.8 Å². The van der Waals surface area contributed by atoms with Crippen LogP contribution in [0.5, 0.6) is 0 Å². The summed E-state index contributed by atoms with van der Waals surface area (Å²) in [6, 6.07) is 2.05. The summed E-state index contributed by atoms with van der Waals surface area (Å²) in [5.74, 6) is 0.519. The zero-order valence-corrected chi connectivity index (χ0v) is 12.4. The molecule has 1 saturated carbocycles.